The molecule has 0 bridgehead atoms. The van der Waals surface area contributed by atoms with Gasteiger partial charge in [-0.1, -0.05) is 36.4 Å². The maximum atomic E-state index is 12.9. The van der Waals surface area contributed by atoms with Gasteiger partial charge in [0.15, 0.2) is 18.2 Å². The molecule has 2 aromatic carbocycles. The van der Waals surface area contributed by atoms with Crippen LogP contribution in [0.1, 0.15) is 42.2 Å². The number of carbonyl (C=O) groups is 5. The summed E-state index contributed by atoms with van der Waals surface area (Å²) in [5, 5.41) is 0. The second-order valence-corrected chi connectivity index (χ2v) is 6.17. The second kappa shape index (κ2) is 6.73. The molecule has 1 aliphatic heterocycles. The number of amides is 2. The molecule has 1 aliphatic carbocycles. The van der Waals surface area contributed by atoms with Crippen molar-refractivity contribution in [1.82, 2.24) is 4.90 Å². The normalized spacial score (nSPS) is 15.0. The lowest BCUT2D eigenvalue weighted by molar-refractivity contribution is -0.131. The van der Waals surface area contributed by atoms with E-state index in [1.54, 1.807) is 18.2 Å². The zero-order valence-corrected chi connectivity index (χ0v) is 14.5. The molecule has 0 aromatic heterocycles. The van der Waals surface area contributed by atoms with Crippen molar-refractivity contribution in [3.63, 3.8) is 0 Å². The lowest BCUT2D eigenvalue weighted by Crippen LogP contribution is -2.35. The Kier molecular flexibility index (Phi) is 4.23. The van der Waals surface area contributed by atoms with Crippen molar-refractivity contribution in [2.24, 2.45) is 0 Å². The van der Waals surface area contributed by atoms with Crippen LogP contribution >= 0.6 is 0 Å². The van der Waals surface area contributed by atoms with Gasteiger partial charge in [-0.25, -0.2) is 14.5 Å². The van der Waals surface area contributed by atoms with Crippen LogP contribution in [0.2, 0.25) is 0 Å². The summed E-state index contributed by atoms with van der Waals surface area (Å²) in [5.74, 6) is -2.49. The van der Waals surface area contributed by atoms with Crippen LogP contribution in [-0.4, -0.2) is 54.2 Å². The van der Waals surface area contributed by atoms with Gasteiger partial charge in [0.05, 0.1) is 12.1 Å². The molecule has 2 aromatic rings. The molecule has 140 valence electrons. The molecule has 8 heteroatoms. The summed E-state index contributed by atoms with van der Waals surface area (Å²) in [7, 11) is 0. The summed E-state index contributed by atoms with van der Waals surface area (Å²) >= 11 is 0. The highest BCUT2D eigenvalue weighted by atomic mass is 16.6. The molecule has 0 unspecified atom stereocenters. The maximum Gasteiger partial charge on any atom is 0.416 e. The van der Waals surface area contributed by atoms with Crippen molar-refractivity contribution in [1.29, 1.82) is 0 Å². The van der Waals surface area contributed by atoms with Gasteiger partial charge in [0.2, 0.25) is 0 Å². The minimum Gasteiger partial charge on any atom is -0.452 e. The molecule has 0 saturated carbocycles. The average Bonchev–Trinajstić information content (AvgIpc) is 3.15. The lowest BCUT2D eigenvalue weighted by Gasteiger charge is -2.19. The number of ketones is 2. The first-order valence-electron chi connectivity index (χ1n) is 8.44. The van der Waals surface area contributed by atoms with Crippen LogP contribution in [0.15, 0.2) is 42.5 Å². The smallest absolute Gasteiger partial charge is 0.416 e. The van der Waals surface area contributed by atoms with Gasteiger partial charge < -0.3 is 9.47 Å². The second-order valence-electron chi connectivity index (χ2n) is 6.17. The molecular formula is C20H13NO7. The third-order valence-corrected chi connectivity index (χ3v) is 4.56. The molecule has 28 heavy (non-hydrogen) atoms. The molecule has 8 nitrogen and oxygen atoms in total. The Balaban J connectivity index is 1.60. The summed E-state index contributed by atoms with van der Waals surface area (Å²) in [5.41, 5.74) is 0.420. The van der Waals surface area contributed by atoms with E-state index in [1.807, 2.05) is 0 Å². The van der Waals surface area contributed by atoms with Crippen LogP contribution in [0.3, 0.4) is 0 Å². The summed E-state index contributed by atoms with van der Waals surface area (Å²) < 4.78 is 9.64. The number of benzene rings is 2. The van der Waals surface area contributed by atoms with Crippen LogP contribution in [0.4, 0.5) is 4.79 Å². The minimum absolute atomic E-state index is 0.0516. The number of imide groups is 1. The molecular weight excluding hydrogens is 366 g/mol. The van der Waals surface area contributed by atoms with E-state index >= 15 is 0 Å². The molecule has 2 amide bonds. The monoisotopic (exact) mass is 379 g/mol. The first-order chi connectivity index (χ1) is 13.5. The van der Waals surface area contributed by atoms with Crippen molar-refractivity contribution in [2.45, 2.75) is 0 Å². The molecule has 0 spiro atoms. The molecule has 0 N–H and O–H groups in total. The zero-order valence-electron chi connectivity index (χ0n) is 14.5. The fourth-order valence-electron chi connectivity index (χ4n) is 3.22. The number of hydrogen-bond acceptors (Lipinski definition) is 7. The molecule has 0 atom stereocenters. The molecule has 4 rings (SSSR count). The number of rotatable bonds is 3. The Hall–Kier alpha value is -3.81. The number of fused-ring (bicyclic) bond motifs is 2. The fraction of sp³-hybridized carbons (Fsp3) is 0.150. The van der Waals surface area contributed by atoms with Gasteiger partial charge in [-0.3, -0.25) is 14.4 Å². The molecule has 1 fully saturated rings. The third-order valence-electron chi connectivity index (χ3n) is 4.56. The highest BCUT2D eigenvalue weighted by Gasteiger charge is 2.34. The van der Waals surface area contributed by atoms with E-state index in [-0.39, 0.29) is 46.8 Å². The quantitative estimate of drug-likeness (QED) is 0.636. The van der Waals surface area contributed by atoms with Gasteiger partial charge in [0, 0.05) is 22.3 Å². The summed E-state index contributed by atoms with van der Waals surface area (Å²) in [4.78, 5) is 62.3. The van der Waals surface area contributed by atoms with Gasteiger partial charge in [-0.15, -0.1) is 0 Å². The van der Waals surface area contributed by atoms with Crippen LogP contribution in [-0.2, 0) is 14.3 Å². The Morgan fingerprint density at radius 3 is 2.29 bits per heavy atom. The van der Waals surface area contributed by atoms with Gasteiger partial charge >= 0.3 is 12.1 Å². The first kappa shape index (κ1) is 17.6. The number of nitrogens with zero attached hydrogens (tertiary/aromatic N) is 1. The van der Waals surface area contributed by atoms with Crippen molar-refractivity contribution < 1.29 is 33.4 Å². The number of esters is 1. The van der Waals surface area contributed by atoms with Crippen molar-refractivity contribution >= 4 is 29.5 Å². The number of carbonyl (C=O) groups excluding carboxylic acids is 5. The van der Waals surface area contributed by atoms with Crippen LogP contribution < -0.4 is 0 Å². The van der Waals surface area contributed by atoms with E-state index in [4.69, 9.17) is 4.74 Å². The number of cyclic esters (lactones) is 1. The van der Waals surface area contributed by atoms with E-state index in [2.05, 4.69) is 4.74 Å². The van der Waals surface area contributed by atoms with Gasteiger partial charge in [0.25, 0.3) is 5.91 Å². The number of hydrogen-bond donors (Lipinski definition) is 0. The Labute approximate surface area is 158 Å². The SMILES string of the molecule is O=C(OCC(=O)N1CCOC1=O)c1cccc2c1C(=O)c1ccccc1C2=O. The van der Waals surface area contributed by atoms with Crippen molar-refractivity contribution in [3.8, 4) is 0 Å². The highest BCUT2D eigenvalue weighted by Crippen LogP contribution is 2.29. The van der Waals surface area contributed by atoms with E-state index in [0.29, 0.717) is 0 Å². The summed E-state index contributed by atoms with van der Waals surface area (Å²) in [6.07, 6.45) is -0.796. The van der Waals surface area contributed by atoms with Gasteiger partial charge in [-0.05, 0) is 6.07 Å². The first-order valence-corrected chi connectivity index (χ1v) is 8.44. The van der Waals surface area contributed by atoms with E-state index in [1.165, 1.54) is 24.3 Å². The average molecular weight is 379 g/mol. The fourth-order valence-corrected chi connectivity index (χ4v) is 3.22. The Morgan fingerprint density at radius 1 is 0.929 bits per heavy atom. The van der Waals surface area contributed by atoms with Gasteiger partial charge in [-0.2, -0.15) is 0 Å². The van der Waals surface area contributed by atoms with E-state index < -0.39 is 30.4 Å². The van der Waals surface area contributed by atoms with Gasteiger partial charge in [0.1, 0.15) is 6.61 Å². The molecule has 0 radical (unpaired) electrons. The molecule has 2 aliphatic rings. The maximum absolute atomic E-state index is 12.9. The van der Waals surface area contributed by atoms with Crippen molar-refractivity contribution in [2.75, 3.05) is 19.8 Å². The summed E-state index contributed by atoms with van der Waals surface area (Å²) in [6.45, 7) is -0.517. The number of ether oxygens (including phenoxy) is 2. The van der Waals surface area contributed by atoms with E-state index in [9.17, 15) is 24.0 Å². The lowest BCUT2D eigenvalue weighted by atomic mass is 9.82. The Bertz CT molecular complexity index is 1060. The largest absolute Gasteiger partial charge is 0.452 e. The molecule has 1 saturated heterocycles. The minimum atomic E-state index is -0.932. The predicted molar refractivity (Wildman–Crippen MR) is 93.1 cm³/mol. The third kappa shape index (κ3) is 2.75. The Morgan fingerprint density at radius 2 is 1.61 bits per heavy atom. The van der Waals surface area contributed by atoms with Crippen molar-refractivity contribution in [3.05, 3.63) is 70.3 Å². The summed E-state index contributed by atoms with van der Waals surface area (Å²) in [6, 6.07) is 10.6. The van der Waals surface area contributed by atoms with Crippen LogP contribution in [0, 0.1) is 0 Å². The topological polar surface area (TPSA) is 107 Å². The van der Waals surface area contributed by atoms with Crippen LogP contribution in [0.5, 0.6) is 0 Å². The standard InChI is InChI=1S/C20H13NO7/c22-15(21-8-9-27-20(21)26)10-28-19(25)14-7-3-6-13-16(14)18(24)12-5-2-1-4-11(12)17(13)23/h1-7H,8-10H2. The predicted octanol–water partition coefficient (Wildman–Crippen LogP) is 1.60. The zero-order chi connectivity index (χ0) is 19.8. The van der Waals surface area contributed by atoms with E-state index in [0.717, 1.165) is 4.90 Å². The van der Waals surface area contributed by atoms with Crippen LogP contribution in [0.25, 0.3) is 0 Å². The molecule has 1 heterocycles. The highest BCUT2D eigenvalue weighted by molar-refractivity contribution is 6.30.